The number of ether oxygens (including phenoxy) is 2. The molecule has 0 aromatic carbocycles. The van der Waals surface area contributed by atoms with E-state index in [2.05, 4.69) is 51.2 Å². The third-order valence-corrected chi connectivity index (χ3v) is 3.69. The fourth-order valence-corrected chi connectivity index (χ4v) is 1.87. The Hall–Kier alpha value is -1.02. The van der Waals surface area contributed by atoms with Crippen molar-refractivity contribution in [2.45, 2.75) is 46.5 Å². The van der Waals surface area contributed by atoms with Crippen molar-refractivity contribution < 1.29 is 9.47 Å². The van der Waals surface area contributed by atoms with Crippen molar-refractivity contribution in [2.75, 3.05) is 13.4 Å². The van der Waals surface area contributed by atoms with Gasteiger partial charge in [0.2, 0.25) is 0 Å². The maximum Gasteiger partial charge on any atom is 0.188 e. The van der Waals surface area contributed by atoms with Gasteiger partial charge in [-0.3, -0.25) is 0 Å². The molecule has 0 fully saturated rings. The predicted octanol–water partition coefficient (Wildman–Crippen LogP) is 4.84. The van der Waals surface area contributed by atoms with E-state index in [1.165, 1.54) is 12.8 Å². The molecule has 1 unspecified atom stereocenters. The van der Waals surface area contributed by atoms with Gasteiger partial charge in [-0.05, 0) is 30.8 Å². The third kappa shape index (κ3) is 7.89. The van der Waals surface area contributed by atoms with Gasteiger partial charge in [-0.2, -0.15) is 0 Å². The lowest BCUT2D eigenvalue weighted by molar-refractivity contribution is -0.0151. The van der Waals surface area contributed by atoms with Crippen LogP contribution in [0.15, 0.2) is 36.6 Å². The van der Waals surface area contributed by atoms with E-state index in [1.54, 1.807) is 6.26 Å². The van der Waals surface area contributed by atoms with Gasteiger partial charge in [0.25, 0.3) is 0 Å². The fraction of sp³-hybridized carbons (Fsp3) is 0.647. The largest absolute Gasteiger partial charge is 0.475 e. The van der Waals surface area contributed by atoms with Gasteiger partial charge in [0, 0.05) is 5.92 Å². The van der Waals surface area contributed by atoms with Crippen molar-refractivity contribution in [1.29, 1.82) is 0 Å². The minimum Gasteiger partial charge on any atom is -0.475 e. The monoisotopic (exact) mass is 264 g/mol. The van der Waals surface area contributed by atoms with Gasteiger partial charge >= 0.3 is 0 Å². The highest BCUT2D eigenvalue weighted by molar-refractivity contribution is 5.14. The Morgan fingerprint density at radius 2 is 2.16 bits per heavy atom. The Morgan fingerprint density at radius 1 is 1.32 bits per heavy atom. The maximum absolute atomic E-state index is 5.46. The Kier molecular flexibility index (Phi) is 7.57. The van der Waals surface area contributed by atoms with Gasteiger partial charge in [-0.25, -0.2) is 0 Å². The van der Waals surface area contributed by atoms with Crippen molar-refractivity contribution in [1.82, 2.24) is 0 Å². The Bertz CT molecular complexity index is 313. The fourth-order valence-electron chi connectivity index (χ4n) is 1.87. The SMILES string of the molecule is CCC(C)(C)CCCOCO/C=C/C1C=CC=CC1. The molecule has 0 heterocycles. The molecule has 0 saturated heterocycles. The zero-order valence-electron chi connectivity index (χ0n) is 12.6. The molecule has 0 amide bonds. The van der Waals surface area contributed by atoms with Crippen molar-refractivity contribution in [3.8, 4) is 0 Å². The first-order valence-corrected chi connectivity index (χ1v) is 7.33. The van der Waals surface area contributed by atoms with Crippen LogP contribution in [0.4, 0.5) is 0 Å². The average molecular weight is 264 g/mol. The first kappa shape index (κ1) is 16.0. The summed E-state index contributed by atoms with van der Waals surface area (Å²) in [6, 6.07) is 0. The van der Waals surface area contributed by atoms with E-state index >= 15 is 0 Å². The van der Waals surface area contributed by atoms with Crippen LogP contribution in [0.1, 0.15) is 46.5 Å². The van der Waals surface area contributed by atoms with E-state index in [0.717, 1.165) is 19.4 Å². The Labute approximate surface area is 118 Å². The second-order valence-electron chi connectivity index (χ2n) is 5.86. The Morgan fingerprint density at radius 3 is 2.84 bits per heavy atom. The minimum absolute atomic E-state index is 0.356. The van der Waals surface area contributed by atoms with Gasteiger partial charge < -0.3 is 9.47 Å². The van der Waals surface area contributed by atoms with E-state index in [9.17, 15) is 0 Å². The highest BCUT2D eigenvalue weighted by Gasteiger charge is 2.13. The first-order valence-electron chi connectivity index (χ1n) is 7.33. The first-order chi connectivity index (χ1) is 9.14. The molecule has 0 aromatic heterocycles. The second kappa shape index (κ2) is 8.98. The van der Waals surface area contributed by atoms with Crippen LogP contribution in [0, 0.1) is 11.3 Å². The van der Waals surface area contributed by atoms with Gasteiger partial charge in [0.05, 0.1) is 12.9 Å². The molecule has 19 heavy (non-hydrogen) atoms. The zero-order valence-corrected chi connectivity index (χ0v) is 12.6. The normalized spacial score (nSPS) is 19.2. The van der Waals surface area contributed by atoms with Gasteiger partial charge in [-0.1, -0.05) is 51.5 Å². The van der Waals surface area contributed by atoms with Crippen molar-refractivity contribution in [2.24, 2.45) is 11.3 Å². The summed E-state index contributed by atoms with van der Waals surface area (Å²) in [4.78, 5) is 0. The van der Waals surface area contributed by atoms with E-state index in [0.29, 0.717) is 18.1 Å². The van der Waals surface area contributed by atoms with E-state index in [1.807, 2.05) is 0 Å². The molecule has 0 saturated carbocycles. The average Bonchev–Trinajstić information content (AvgIpc) is 2.43. The molecule has 1 aliphatic rings. The van der Waals surface area contributed by atoms with E-state index in [4.69, 9.17) is 9.47 Å². The van der Waals surface area contributed by atoms with Crippen molar-refractivity contribution in [3.63, 3.8) is 0 Å². The van der Waals surface area contributed by atoms with Crippen molar-refractivity contribution in [3.05, 3.63) is 36.6 Å². The van der Waals surface area contributed by atoms with Gasteiger partial charge in [-0.15, -0.1) is 0 Å². The summed E-state index contributed by atoms with van der Waals surface area (Å²) in [5, 5.41) is 0. The lowest BCUT2D eigenvalue weighted by Crippen LogP contribution is -2.11. The second-order valence-corrected chi connectivity index (χ2v) is 5.86. The summed E-state index contributed by atoms with van der Waals surface area (Å²) >= 11 is 0. The standard InChI is InChI=1S/C17H28O2/c1-4-17(2,3)12-8-13-18-15-19-14-11-16-9-6-5-7-10-16/h5-7,9,11,14,16H,4,8,10,12-13,15H2,1-3H3/b14-11+. The molecule has 2 heteroatoms. The highest BCUT2D eigenvalue weighted by Crippen LogP contribution is 2.25. The minimum atomic E-state index is 0.356. The third-order valence-electron chi connectivity index (χ3n) is 3.69. The smallest absolute Gasteiger partial charge is 0.188 e. The van der Waals surface area contributed by atoms with Crippen LogP contribution in [0.5, 0.6) is 0 Å². The summed E-state index contributed by atoms with van der Waals surface area (Å²) < 4.78 is 10.8. The van der Waals surface area contributed by atoms with E-state index in [-0.39, 0.29) is 0 Å². The van der Waals surface area contributed by atoms with Gasteiger partial charge in [0.1, 0.15) is 0 Å². The molecule has 2 nitrogen and oxygen atoms in total. The topological polar surface area (TPSA) is 18.5 Å². The van der Waals surface area contributed by atoms with Crippen molar-refractivity contribution >= 4 is 0 Å². The molecular weight excluding hydrogens is 236 g/mol. The van der Waals surface area contributed by atoms with Gasteiger partial charge in [0.15, 0.2) is 6.79 Å². The molecule has 1 rings (SSSR count). The molecule has 0 bridgehead atoms. The van der Waals surface area contributed by atoms with Crippen LogP contribution >= 0.6 is 0 Å². The zero-order chi connectivity index (χ0) is 14.0. The van der Waals surface area contributed by atoms with Crippen LogP contribution < -0.4 is 0 Å². The summed E-state index contributed by atoms with van der Waals surface area (Å²) in [6.07, 6.45) is 16.9. The molecule has 1 aliphatic carbocycles. The quantitative estimate of drug-likeness (QED) is 0.337. The lowest BCUT2D eigenvalue weighted by atomic mass is 9.85. The summed E-state index contributed by atoms with van der Waals surface area (Å²) in [6.45, 7) is 7.99. The van der Waals surface area contributed by atoms with Crippen LogP contribution in [-0.4, -0.2) is 13.4 Å². The number of rotatable bonds is 9. The molecule has 0 spiro atoms. The molecule has 0 radical (unpaired) electrons. The molecule has 1 atom stereocenters. The maximum atomic E-state index is 5.46. The Balaban J connectivity index is 1.95. The number of hydrogen-bond donors (Lipinski definition) is 0. The number of allylic oxidation sites excluding steroid dienone is 5. The van der Waals surface area contributed by atoms with Crippen LogP contribution in [-0.2, 0) is 9.47 Å². The van der Waals surface area contributed by atoms with Crippen LogP contribution in [0.3, 0.4) is 0 Å². The summed E-state index contributed by atoms with van der Waals surface area (Å²) in [5.41, 5.74) is 0.435. The highest BCUT2D eigenvalue weighted by atomic mass is 16.7. The summed E-state index contributed by atoms with van der Waals surface area (Å²) in [5.74, 6) is 0.468. The summed E-state index contributed by atoms with van der Waals surface area (Å²) in [7, 11) is 0. The lowest BCUT2D eigenvalue weighted by Gasteiger charge is -2.21. The molecule has 0 aliphatic heterocycles. The van der Waals surface area contributed by atoms with E-state index < -0.39 is 0 Å². The number of hydrogen-bond acceptors (Lipinski definition) is 2. The molecule has 0 N–H and O–H groups in total. The van der Waals surface area contributed by atoms with Crippen LogP contribution in [0.2, 0.25) is 0 Å². The molecule has 108 valence electrons. The molecular formula is C17H28O2. The predicted molar refractivity (Wildman–Crippen MR) is 80.7 cm³/mol. The van der Waals surface area contributed by atoms with Crippen LogP contribution in [0.25, 0.3) is 0 Å². The molecule has 0 aromatic rings.